The summed E-state index contributed by atoms with van der Waals surface area (Å²) in [4.78, 5) is 36.5. The third-order valence-electron chi connectivity index (χ3n) is 7.74. The minimum absolute atomic E-state index is 0.0154. The third kappa shape index (κ3) is 8.81. The number of carbonyl (C=O) groups excluding carboxylic acids is 2. The smallest absolute Gasteiger partial charge is 0.417 e. The number of benzene rings is 2. The molecule has 0 heterocycles. The predicted octanol–water partition coefficient (Wildman–Crippen LogP) is 7.32. The average Bonchev–Trinajstić information content (AvgIpc) is 2.87. The minimum Gasteiger partial charge on any atom is -0.481 e. The lowest BCUT2D eigenvalue weighted by molar-refractivity contribution is -0.138. The summed E-state index contributed by atoms with van der Waals surface area (Å²) >= 11 is 2.94. The van der Waals surface area contributed by atoms with Crippen molar-refractivity contribution in [1.29, 1.82) is 0 Å². The predicted molar refractivity (Wildman–Crippen MR) is 151 cm³/mol. The van der Waals surface area contributed by atoms with Gasteiger partial charge in [-0.1, -0.05) is 48.8 Å². The Hall–Kier alpha value is -2.88. The molecule has 1 aliphatic carbocycles. The van der Waals surface area contributed by atoms with Crippen LogP contribution in [0.25, 0.3) is 0 Å². The van der Waals surface area contributed by atoms with Gasteiger partial charge in [-0.2, -0.15) is 13.2 Å². The molecule has 0 spiro atoms. The maximum Gasteiger partial charge on any atom is 0.417 e. The van der Waals surface area contributed by atoms with E-state index in [0.29, 0.717) is 17.9 Å². The number of carbonyl (C=O) groups is 3. The Bertz CT molecular complexity index is 1200. The maximum absolute atomic E-state index is 13.6. The number of hydrogen-bond donors (Lipinski definition) is 3. The molecule has 0 aliphatic heterocycles. The van der Waals surface area contributed by atoms with E-state index in [1.54, 1.807) is 24.3 Å². The number of rotatable bonds is 9. The maximum atomic E-state index is 13.6. The van der Waals surface area contributed by atoms with Crippen molar-refractivity contribution in [3.63, 3.8) is 0 Å². The van der Waals surface area contributed by atoms with Gasteiger partial charge in [0, 0.05) is 28.2 Å². The molecule has 3 N–H and O–H groups in total. The van der Waals surface area contributed by atoms with Gasteiger partial charge in [0.2, 0.25) is 5.91 Å². The first-order valence-corrected chi connectivity index (χ1v) is 14.2. The van der Waals surface area contributed by atoms with Crippen molar-refractivity contribution < 1.29 is 32.7 Å². The van der Waals surface area contributed by atoms with Crippen LogP contribution in [-0.2, 0) is 22.2 Å². The summed E-state index contributed by atoms with van der Waals surface area (Å²) in [5, 5.41) is 14.0. The quantitative estimate of drug-likeness (QED) is 0.272. The number of carboxylic acid groups (broad SMARTS) is 1. The zero-order valence-corrected chi connectivity index (χ0v) is 24.5. The molecule has 2 amide bonds. The van der Waals surface area contributed by atoms with Gasteiger partial charge >= 0.3 is 12.1 Å². The fourth-order valence-electron chi connectivity index (χ4n) is 5.35. The van der Waals surface area contributed by atoms with Gasteiger partial charge in [0.15, 0.2) is 0 Å². The minimum atomic E-state index is -4.56. The van der Waals surface area contributed by atoms with Crippen LogP contribution in [0.5, 0.6) is 0 Å². The summed E-state index contributed by atoms with van der Waals surface area (Å²) in [7, 11) is 0. The Labute approximate surface area is 241 Å². The zero-order chi connectivity index (χ0) is 29.7. The first kappa shape index (κ1) is 31.6. The first-order chi connectivity index (χ1) is 18.6. The van der Waals surface area contributed by atoms with E-state index in [0.717, 1.165) is 37.3 Å². The van der Waals surface area contributed by atoms with Crippen LogP contribution >= 0.6 is 15.9 Å². The van der Waals surface area contributed by atoms with Crippen LogP contribution in [0.15, 0.2) is 46.9 Å². The van der Waals surface area contributed by atoms with E-state index in [-0.39, 0.29) is 40.4 Å². The Balaban J connectivity index is 1.78. The summed E-state index contributed by atoms with van der Waals surface area (Å²) in [5.41, 5.74) is 0.587. The molecule has 1 saturated carbocycles. The number of aliphatic carboxylic acids is 1. The largest absolute Gasteiger partial charge is 0.481 e. The van der Waals surface area contributed by atoms with E-state index in [2.05, 4.69) is 47.3 Å². The van der Waals surface area contributed by atoms with Gasteiger partial charge in [-0.3, -0.25) is 14.4 Å². The molecule has 0 saturated heterocycles. The molecule has 6 nitrogen and oxygen atoms in total. The van der Waals surface area contributed by atoms with Crippen molar-refractivity contribution in [2.75, 3.05) is 11.9 Å². The molecule has 10 heteroatoms. The third-order valence-corrected chi connectivity index (χ3v) is 8.43. The topological polar surface area (TPSA) is 95.5 Å². The van der Waals surface area contributed by atoms with E-state index >= 15 is 0 Å². The first-order valence-electron chi connectivity index (χ1n) is 13.4. The van der Waals surface area contributed by atoms with Gasteiger partial charge in [0.05, 0.1) is 12.0 Å². The summed E-state index contributed by atoms with van der Waals surface area (Å²) < 4.78 is 40.2. The highest BCUT2D eigenvalue weighted by atomic mass is 79.9. The fourth-order valence-corrected chi connectivity index (χ4v) is 5.82. The van der Waals surface area contributed by atoms with Crippen molar-refractivity contribution in [3.05, 3.63) is 63.6 Å². The van der Waals surface area contributed by atoms with Crippen LogP contribution in [0, 0.1) is 23.2 Å². The Morgan fingerprint density at radius 2 is 1.62 bits per heavy atom. The molecule has 1 unspecified atom stereocenters. The van der Waals surface area contributed by atoms with Crippen molar-refractivity contribution >= 4 is 39.4 Å². The molecular weight excluding hydrogens is 589 g/mol. The summed E-state index contributed by atoms with van der Waals surface area (Å²) in [6.45, 7) is 6.66. The van der Waals surface area contributed by atoms with Gasteiger partial charge in [-0.15, -0.1) is 0 Å². The van der Waals surface area contributed by atoms with Crippen LogP contribution in [-0.4, -0.2) is 29.4 Å². The summed E-state index contributed by atoms with van der Waals surface area (Å²) in [6, 6.07) is 10.4. The van der Waals surface area contributed by atoms with Crippen molar-refractivity contribution in [1.82, 2.24) is 5.32 Å². The molecule has 1 aliphatic rings. The van der Waals surface area contributed by atoms with Crippen LogP contribution in [0.3, 0.4) is 0 Å². The normalized spacial score (nSPS) is 18.6. The molecule has 3 rings (SSSR count). The highest BCUT2D eigenvalue weighted by molar-refractivity contribution is 9.10. The van der Waals surface area contributed by atoms with Crippen LogP contribution in [0.1, 0.15) is 74.4 Å². The highest BCUT2D eigenvalue weighted by Crippen LogP contribution is 2.43. The molecule has 40 heavy (non-hydrogen) atoms. The number of halogens is 4. The van der Waals surface area contributed by atoms with E-state index in [9.17, 15) is 27.6 Å². The Morgan fingerprint density at radius 1 is 1.00 bits per heavy atom. The van der Waals surface area contributed by atoms with Gasteiger partial charge in [0.1, 0.15) is 0 Å². The molecule has 218 valence electrons. The Morgan fingerprint density at radius 3 is 2.17 bits per heavy atom. The number of amides is 2. The van der Waals surface area contributed by atoms with E-state index in [1.807, 2.05) is 0 Å². The molecule has 0 aromatic heterocycles. The van der Waals surface area contributed by atoms with Crippen LogP contribution in [0.4, 0.5) is 18.9 Å². The number of carboxylic acids is 1. The number of nitrogens with one attached hydrogen (secondary N) is 2. The summed E-state index contributed by atoms with van der Waals surface area (Å²) in [5.74, 6) is -1.59. The SMILES string of the molecule is CC(C)(C)C1CCC(C(Cc2ccc(C(=O)NCCC(=O)O)cc2)C(=O)Nc2ccc(Br)c(C(F)(F)F)c2)CC1. The standard InChI is InChI=1S/C30H36BrF3N2O4/c1-29(2,3)21-10-8-19(9-11-21)23(28(40)36-22-12-13-25(31)24(17-22)30(32,33)34)16-18-4-6-20(7-5-18)27(39)35-15-14-26(37)38/h4-7,12-13,17,19,21,23H,8-11,14-16H2,1-3H3,(H,35,39)(H,36,40)(H,37,38). The lowest BCUT2D eigenvalue weighted by Gasteiger charge is -2.39. The van der Waals surface area contributed by atoms with Crippen LogP contribution in [0.2, 0.25) is 0 Å². The highest BCUT2D eigenvalue weighted by Gasteiger charge is 2.37. The van der Waals surface area contributed by atoms with E-state index < -0.39 is 29.5 Å². The van der Waals surface area contributed by atoms with Gasteiger partial charge in [0.25, 0.3) is 5.91 Å². The number of hydrogen-bond acceptors (Lipinski definition) is 3. The van der Waals surface area contributed by atoms with Crippen molar-refractivity contribution in [2.45, 2.75) is 65.5 Å². The monoisotopic (exact) mass is 624 g/mol. The number of alkyl halides is 3. The second-order valence-corrected chi connectivity index (χ2v) is 12.4. The second kappa shape index (κ2) is 13.2. The molecule has 0 bridgehead atoms. The zero-order valence-electron chi connectivity index (χ0n) is 22.9. The molecule has 1 atom stereocenters. The van der Waals surface area contributed by atoms with Gasteiger partial charge in [-0.25, -0.2) is 0 Å². The van der Waals surface area contributed by atoms with Gasteiger partial charge in [-0.05, 0) is 85.3 Å². The van der Waals surface area contributed by atoms with Gasteiger partial charge < -0.3 is 15.7 Å². The number of anilines is 1. The van der Waals surface area contributed by atoms with Crippen molar-refractivity contribution in [2.24, 2.45) is 23.2 Å². The van der Waals surface area contributed by atoms with Crippen LogP contribution < -0.4 is 10.6 Å². The van der Waals surface area contributed by atoms with E-state index in [1.165, 1.54) is 12.1 Å². The molecule has 0 radical (unpaired) electrons. The molecular formula is C30H36BrF3N2O4. The lowest BCUT2D eigenvalue weighted by Crippen LogP contribution is -2.35. The molecule has 1 fully saturated rings. The summed E-state index contributed by atoms with van der Waals surface area (Å²) in [6.07, 6.45) is -0.725. The average molecular weight is 626 g/mol. The molecule has 2 aromatic carbocycles. The lowest BCUT2D eigenvalue weighted by atomic mass is 9.66. The molecule has 2 aromatic rings. The van der Waals surface area contributed by atoms with Crippen molar-refractivity contribution in [3.8, 4) is 0 Å². The Kier molecular flexibility index (Phi) is 10.4. The van der Waals surface area contributed by atoms with E-state index in [4.69, 9.17) is 5.11 Å². The fraction of sp³-hybridized carbons (Fsp3) is 0.500. The second-order valence-electron chi connectivity index (χ2n) is 11.6.